The molecule has 20 heavy (non-hydrogen) atoms. The SMILES string of the molecule is CNc1ccc(C(=O)Nc2ccc(OC)c(C)c2)nc1. The summed E-state index contributed by atoms with van der Waals surface area (Å²) in [4.78, 5) is 16.2. The van der Waals surface area contributed by atoms with Crippen molar-refractivity contribution in [1.82, 2.24) is 4.98 Å². The lowest BCUT2D eigenvalue weighted by Crippen LogP contribution is -2.13. The van der Waals surface area contributed by atoms with Crippen LogP contribution in [-0.2, 0) is 0 Å². The molecule has 5 nitrogen and oxygen atoms in total. The summed E-state index contributed by atoms with van der Waals surface area (Å²) in [6, 6.07) is 8.96. The quantitative estimate of drug-likeness (QED) is 0.897. The van der Waals surface area contributed by atoms with E-state index in [9.17, 15) is 4.79 Å². The maximum absolute atomic E-state index is 12.1. The summed E-state index contributed by atoms with van der Waals surface area (Å²) in [5.74, 6) is 0.553. The van der Waals surface area contributed by atoms with E-state index >= 15 is 0 Å². The Balaban J connectivity index is 2.12. The van der Waals surface area contributed by atoms with Crippen LogP contribution in [0.3, 0.4) is 0 Å². The van der Waals surface area contributed by atoms with E-state index in [-0.39, 0.29) is 5.91 Å². The van der Waals surface area contributed by atoms with Gasteiger partial charge < -0.3 is 15.4 Å². The first kappa shape index (κ1) is 13.9. The molecule has 1 amide bonds. The standard InChI is InChI=1S/C15H17N3O2/c1-10-8-11(5-7-14(10)20-3)18-15(19)13-6-4-12(16-2)9-17-13/h4-9,16H,1-3H3,(H,18,19). The largest absolute Gasteiger partial charge is 0.496 e. The van der Waals surface area contributed by atoms with Crippen LogP contribution >= 0.6 is 0 Å². The summed E-state index contributed by atoms with van der Waals surface area (Å²) in [6.07, 6.45) is 1.62. The summed E-state index contributed by atoms with van der Waals surface area (Å²) in [6.45, 7) is 1.93. The highest BCUT2D eigenvalue weighted by atomic mass is 16.5. The molecule has 0 spiro atoms. The van der Waals surface area contributed by atoms with Crippen molar-refractivity contribution in [2.45, 2.75) is 6.92 Å². The van der Waals surface area contributed by atoms with Crippen molar-refractivity contribution in [3.05, 3.63) is 47.8 Å². The van der Waals surface area contributed by atoms with Gasteiger partial charge in [0, 0.05) is 12.7 Å². The first-order valence-corrected chi connectivity index (χ1v) is 6.24. The van der Waals surface area contributed by atoms with Crippen molar-refractivity contribution in [1.29, 1.82) is 0 Å². The topological polar surface area (TPSA) is 63.2 Å². The van der Waals surface area contributed by atoms with E-state index in [1.807, 2.05) is 19.1 Å². The van der Waals surface area contributed by atoms with Gasteiger partial charge in [-0.3, -0.25) is 4.79 Å². The van der Waals surface area contributed by atoms with Gasteiger partial charge in [0.2, 0.25) is 0 Å². The monoisotopic (exact) mass is 271 g/mol. The average Bonchev–Trinajstić information content (AvgIpc) is 2.47. The molecule has 0 atom stereocenters. The first-order chi connectivity index (χ1) is 9.63. The van der Waals surface area contributed by atoms with Crippen molar-refractivity contribution < 1.29 is 9.53 Å². The van der Waals surface area contributed by atoms with Crippen LogP contribution in [-0.4, -0.2) is 25.0 Å². The van der Waals surface area contributed by atoms with E-state index in [1.165, 1.54) is 0 Å². The van der Waals surface area contributed by atoms with Crippen LogP contribution in [0.2, 0.25) is 0 Å². The maximum atomic E-state index is 12.1. The fourth-order valence-corrected chi connectivity index (χ4v) is 1.83. The van der Waals surface area contributed by atoms with E-state index in [0.717, 1.165) is 17.0 Å². The van der Waals surface area contributed by atoms with Gasteiger partial charge in [0.15, 0.2) is 0 Å². The van der Waals surface area contributed by atoms with Gasteiger partial charge in [-0.2, -0.15) is 0 Å². The van der Waals surface area contributed by atoms with Gasteiger partial charge in [0.05, 0.1) is 19.0 Å². The van der Waals surface area contributed by atoms with E-state index in [0.29, 0.717) is 11.4 Å². The summed E-state index contributed by atoms with van der Waals surface area (Å²) < 4.78 is 5.18. The van der Waals surface area contributed by atoms with Crippen LogP contribution in [0.15, 0.2) is 36.5 Å². The molecule has 5 heteroatoms. The van der Waals surface area contributed by atoms with E-state index < -0.39 is 0 Å². The van der Waals surface area contributed by atoms with Crippen molar-refractivity contribution in [2.75, 3.05) is 24.8 Å². The number of hydrogen-bond acceptors (Lipinski definition) is 4. The lowest BCUT2D eigenvalue weighted by molar-refractivity contribution is 0.102. The molecule has 2 rings (SSSR count). The second kappa shape index (κ2) is 6.06. The van der Waals surface area contributed by atoms with Gasteiger partial charge in [0.1, 0.15) is 11.4 Å². The molecule has 2 N–H and O–H groups in total. The molecule has 1 heterocycles. The first-order valence-electron chi connectivity index (χ1n) is 6.24. The van der Waals surface area contributed by atoms with Crippen LogP contribution in [0.5, 0.6) is 5.75 Å². The molecule has 0 bridgehead atoms. The number of nitrogens with one attached hydrogen (secondary N) is 2. The number of hydrogen-bond donors (Lipinski definition) is 2. The fraction of sp³-hybridized carbons (Fsp3) is 0.200. The number of benzene rings is 1. The van der Waals surface area contributed by atoms with Gasteiger partial charge >= 0.3 is 0 Å². The normalized spacial score (nSPS) is 9.95. The Hall–Kier alpha value is -2.56. The van der Waals surface area contributed by atoms with E-state index in [1.54, 1.807) is 38.6 Å². The third-order valence-electron chi connectivity index (χ3n) is 2.94. The highest BCUT2D eigenvalue weighted by Crippen LogP contribution is 2.21. The molecule has 2 aromatic rings. The highest BCUT2D eigenvalue weighted by molar-refractivity contribution is 6.03. The average molecular weight is 271 g/mol. The molecule has 0 aliphatic rings. The number of carbonyl (C=O) groups excluding carboxylic acids is 1. The minimum Gasteiger partial charge on any atom is -0.496 e. The van der Waals surface area contributed by atoms with E-state index in [4.69, 9.17) is 4.74 Å². The third-order valence-corrected chi connectivity index (χ3v) is 2.94. The van der Waals surface area contributed by atoms with Gasteiger partial charge in [-0.25, -0.2) is 4.98 Å². The molecule has 0 unspecified atom stereocenters. The van der Waals surface area contributed by atoms with Crippen molar-refractivity contribution in [2.24, 2.45) is 0 Å². The number of nitrogens with zero attached hydrogens (tertiary/aromatic N) is 1. The smallest absolute Gasteiger partial charge is 0.274 e. The van der Waals surface area contributed by atoms with Crippen molar-refractivity contribution in [3.63, 3.8) is 0 Å². The van der Waals surface area contributed by atoms with Crippen LogP contribution in [0.4, 0.5) is 11.4 Å². The Bertz CT molecular complexity index is 609. The van der Waals surface area contributed by atoms with Gasteiger partial charge in [-0.1, -0.05) is 0 Å². The van der Waals surface area contributed by atoms with Crippen LogP contribution in [0.1, 0.15) is 16.1 Å². The minimum atomic E-state index is -0.239. The molecule has 0 radical (unpaired) electrons. The number of rotatable bonds is 4. The Morgan fingerprint density at radius 3 is 2.50 bits per heavy atom. The zero-order chi connectivity index (χ0) is 14.5. The van der Waals surface area contributed by atoms with Crippen LogP contribution < -0.4 is 15.4 Å². The number of aromatic nitrogens is 1. The third kappa shape index (κ3) is 3.06. The number of methoxy groups -OCH3 is 1. The predicted octanol–water partition coefficient (Wildman–Crippen LogP) is 2.69. The molecule has 0 saturated carbocycles. The number of amides is 1. The van der Waals surface area contributed by atoms with Crippen LogP contribution in [0, 0.1) is 6.92 Å². The van der Waals surface area contributed by atoms with Crippen LogP contribution in [0.25, 0.3) is 0 Å². The summed E-state index contributed by atoms with van der Waals surface area (Å²) in [7, 11) is 3.42. The summed E-state index contributed by atoms with van der Waals surface area (Å²) >= 11 is 0. The van der Waals surface area contributed by atoms with Gasteiger partial charge in [0.25, 0.3) is 5.91 Å². The molecular weight excluding hydrogens is 254 g/mol. The Labute approximate surface area is 118 Å². The molecule has 1 aromatic carbocycles. The number of ether oxygens (including phenoxy) is 1. The van der Waals surface area contributed by atoms with Crippen molar-refractivity contribution >= 4 is 17.3 Å². The number of carbonyl (C=O) groups is 1. The van der Waals surface area contributed by atoms with Gasteiger partial charge in [-0.15, -0.1) is 0 Å². The zero-order valence-electron chi connectivity index (χ0n) is 11.7. The Kier molecular flexibility index (Phi) is 4.20. The summed E-state index contributed by atoms with van der Waals surface area (Å²) in [5, 5.41) is 5.77. The van der Waals surface area contributed by atoms with Gasteiger partial charge in [-0.05, 0) is 42.8 Å². The molecule has 0 aliphatic heterocycles. The lowest BCUT2D eigenvalue weighted by Gasteiger charge is -2.09. The molecule has 0 aliphatic carbocycles. The maximum Gasteiger partial charge on any atom is 0.274 e. The Morgan fingerprint density at radius 2 is 1.95 bits per heavy atom. The molecule has 104 valence electrons. The fourth-order valence-electron chi connectivity index (χ4n) is 1.83. The molecule has 1 aromatic heterocycles. The molecule has 0 fully saturated rings. The number of aryl methyl sites for hydroxylation is 1. The zero-order valence-corrected chi connectivity index (χ0v) is 11.7. The van der Waals surface area contributed by atoms with Crippen molar-refractivity contribution in [3.8, 4) is 5.75 Å². The minimum absolute atomic E-state index is 0.239. The predicted molar refractivity (Wildman–Crippen MR) is 79.5 cm³/mol. The second-order valence-electron chi connectivity index (χ2n) is 4.32. The lowest BCUT2D eigenvalue weighted by atomic mass is 10.2. The molecular formula is C15H17N3O2. The summed E-state index contributed by atoms with van der Waals surface area (Å²) in [5.41, 5.74) is 2.91. The second-order valence-corrected chi connectivity index (χ2v) is 4.32. The molecule has 0 saturated heterocycles. The number of pyridine rings is 1. The Morgan fingerprint density at radius 1 is 1.20 bits per heavy atom. The highest BCUT2D eigenvalue weighted by Gasteiger charge is 2.08. The van der Waals surface area contributed by atoms with E-state index in [2.05, 4.69) is 15.6 Å². The number of anilines is 2.